The van der Waals surface area contributed by atoms with Crippen LogP contribution in [-0.4, -0.2) is 38.6 Å². The van der Waals surface area contributed by atoms with Gasteiger partial charge in [-0.05, 0) is 12.1 Å². The van der Waals surface area contributed by atoms with Crippen molar-refractivity contribution in [1.82, 2.24) is 24.7 Å². The quantitative estimate of drug-likeness (QED) is 0.761. The zero-order chi connectivity index (χ0) is 17.1. The van der Waals surface area contributed by atoms with Crippen molar-refractivity contribution in [2.75, 3.05) is 18.5 Å². The number of rotatable bonds is 3. The fourth-order valence-corrected chi connectivity index (χ4v) is 3.04. The number of nitrogens with zero attached hydrogens (tertiary/aromatic N) is 4. The molecule has 3 aromatic heterocycles. The molecule has 3 aromatic rings. The van der Waals surface area contributed by atoms with Crippen LogP contribution in [0.15, 0.2) is 49.2 Å². The SMILES string of the molecule is O=C(Nc1ccn2ccnc2c1)NC1(c2ncccn2)CCOCC1. The minimum Gasteiger partial charge on any atom is -0.381 e. The van der Waals surface area contributed by atoms with Crippen LogP contribution in [0.1, 0.15) is 18.7 Å². The molecule has 0 radical (unpaired) electrons. The Hall–Kier alpha value is -3.00. The number of carbonyl (C=O) groups is 1. The number of ether oxygens (including phenoxy) is 1. The van der Waals surface area contributed by atoms with E-state index in [2.05, 4.69) is 25.6 Å². The van der Waals surface area contributed by atoms with Crippen molar-refractivity contribution in [3.8, 4) is 0 Å². The smallest absolute Gasteiger partial charge is 0.320 e. The molecular formula is C17H18N6O2. The van der Waals surface area contributed by atoms with Crippen LogP contribution in [0.2, 0.25) is 0 Å². The standard InChI is InChI=1S/C17H18N6O2/c24-16(21-13-2-8-23-9-7-18-14(23)12-13)22-17(3-10-25-11-4-17)15-19-5-1-6-20-15/h1-2,5-9,12H,3-4,10-11H2,(H2,21,22,24). The highest BCUT2D eigenvalue weighted by Crippen LogP contribution is 2.29. The fraction of sp³-hybridized carbons (Fsp3) is 0.294. The van der Waals surface area contributed by atoms with E-state index >= 15 is 0 Å². The molecule has 8 heteroatoms. The number of fused-ring (bicyclic) bond motifs is 1. The zero-order valence-corrected chi connectivity index (χ0v) is 13.6. The molecule has 0 bridgehead atoms. The van der Waals surface area contributed by atoms with E-state index < -0.39 is 5.54 Å². The lowest BCUT2D eigenvalue weighted by Gasteiger charge is -2.36. The fourth-order valence-electron chi connectivity index (χ4n) is 3.04. The van der Waals surface area contributed by atoms with Crippen molar-refractivity contribution in [1.29, 1.82) is 0 Å². The molecule has 25 heavy (non-hydrogen) atoms. The molecule has 8 nitrogen and oxygen atoms in total. The number of nitrogens with one attached hydrogen (secondary N) is 2. The summed E-state index contributed by atoms with van der Waals surface area (Å²) in [6.07, 6.45) is 10.0. The summed E-state index contributed by atoms with van der Waals surface area (Å²) in [7, 11) is 0. The number of carbonyl (C=O) groups excluding carboxylic acids is 1. The predicted octanol–water partition coefficient (Wildman–Crippen LogP) is 1.95. The number of anilines is 1. The van der Waals surface area contributed by atoms with E-state index in [1.165, 1.54) is 0 Å². The zero-order valence-electron chi connectivity index (χ0n) is 13.6. The lowest BCUT2D eigenvalue weighted by molar-refractivity contribution is 0.0383. The third kappa shape index (κ3) is 3.16. The van der Waals surface area contributed by atoms with E-state index in [1.54, 1.807) is 24.7 Å². The summed E-state index contributed by atoms with van der Waals surface area (Å²) in [5.74, 6) is 0.608. The molecule has 1 aliphatic heterocycles. The first kappa shape index (κ1) is 15.5. The highest BCUT2D eigenvalue weighted by atomic mass is 16.5. The Kier molecular flexibility index (Phi) is 4.02. The van der Waals surface area contributed by atoms with Gasteiger partial charge in [-0.25, -0.2) is 19.7 Å². The second-order valence-corrected chi connectivity index (χ2v) is 5.95. The van der Waals surface area contributed by atoms with Crippen LogP contribution in [0, 0.1) is 0 Å². The maximum Gasteiger partial charge on any atom is 0.320 e. The number of hydrogen-bond acceptors (Lipinski definition) is 5. The van der Waals surface area contributed by atoms with Gasteiger partial charge in [-0.15, -0.1) is 0 Å². The first-order valence-corrected chi connectivity index (χ1v) is 8.12. The van der Waals surface area contributed by atoms with Gasteiger partial charge in [-0.2, -0.15) is 0 Å². The summed E-state index contributed by atoms with van der Waals surface area (Å²) in [5, 5.41) is 5.92. The van der Waals surface area contributed by atoms with Crippen LogP contribution in [0.5, 0.6) is 0 Å². The highest BCUT2D eigenvalue weighted by Gasteiger charge is 2.38. The van der Waals surface area contributed by atoms with Crippen molar-refractivity contribution in [2.45, 2.75) is 18.4 Å². The molecule has 128 valence electrons. The van der Waals surface area contributed by atoms with Gasteiger partial charge in [-0.1, -0.05) is 0 Å². The molecule has 2 N–H and O–H groups in total. The Bertz CT molecular complexity index is 873. The first-order valence-electron chi connectivity index (χ1n) is 8.12. The molecule has 1 fully saturated rings. The van der Waals surface area contributed by atoms with Crippen LogP contribution in [0.3, 0.4) is 0 Å². The number of urea groups is 1. The number of aromatic nitrogens is 4. The highest BCUT2D eigenvalue weighted by molar-refractivity contribution is 5.90. The molecule has 0 saturated carbocycles. The lowest BCUT2D eigenvalue weighted by Crippen LogP contribution is -2.51. The summed E-state index contributed by atoms with van der Waals surface area (Å²) >= 11 is 0. The van der Waals surface area contributed by atoms with Gasteiger partial charge in [0, 0.05) is 68.8 Å². The summed E-state index contributed by atoms with van der Waals surface area (Å²) in [6.45, 7) is 1.11. The molecule has 1 saturated heterocycles. The topological polar surface area (TPSA) is 93.4 Å². The van der Waals surface area contributed by atoms with Crippen LogP contribution >= 0.6 is 0 Å². The Morgan fingerprint density at radius 2 is 1.92 bits per heavy atom. The third-order valence-corrected chi connectivity index (χ3v) is 4.35. The normalized spacial score (nSPS) is 16.5. The van der Waals surface area contributed by atoms with Gasteiger partial charge in [0.1, 0.15) is 11.2 Å². The van der Waals surface area contributed by atoms with Gasteiger partial charge >= 0.3 is 6.03 Å². The van der Waals surface area contributed by atoms with E-state index in [4.69, 9.17) is 4.74 Å². The van der Waals surface area contributed by atoms with Gasteiger partial charge in [0.05, 0.1) is 0 Å². The number of hydrogen-bond donors (Lipinski definition) is 2. The molecule has 0 atom stereocenters. The van der Waals surface area contributed by atoms with Crippen LogP contribution in [0.25, 0.3) is 5.65 Å². The molecule has 0 spiro atoms. The second-order valence-electron chi connectivity index (χ2n) is 5.95. The van der Waals surface area contributed by atoms with Crippen molar-refractivity contribution in [2.24, 2.45) is 0 Å². The van der Waals surface area contributed by atoms with Gasteiger partial charge in [0.2, 0.25) is 0 Å². The van der Waals surface area contributed by atoms with Gasteiger partial charge < -0.3 is 19.8 Å². The summed E-state index contributed by atoms with van der Waals surface area (Å²) in [6, 6.07) is 5.10. The first-order chi connectivity index (χ1) is 12.3. The minimum atomic E-state index is -0.624. The van der Waals surface area contributed by atoms with Crippen molar-refractivity contribution in [3.05, 3.63) is 55.0 Å². The van der Waals surface area contributed by atoms with Crippen LogP contribution in [-0.2, 0) is 10.3 Å². The van der Waals surface area contributed by atoms with Gasteiger partial charge in [0.25, 0.3) is 0 Å². The molecule has 4 heterocycles. The van der Waals surface area contributed by atoms with Gasteiger partial charge in [-0.3, -0.25) is 0 Å². The van der Waals surface area contributed by atoms with E-state index in [0.29, 0.717) is 37.6 Å². The van der Waals surface area contributed by atoms with E-state index in [0.717, 1.165) is 5.65 Å². The number of amides is 2. The summed E-state index contributed by atoms with van der Waals surface area (Å²) in [5.41, 5.74) is 0.818. The molecule has 1 aliphatic rings. The van der Waals surface area contributed by atoms with Crippen molar-refractivity contribution in [3.63, 3.8) is 0 Å². The third-order valence-electron chi connectivity index (χ3n) is 4.35. The molecule has 2 amide bonds. The largest absolute Gasteiger partial charge is 0.381 e. The van der Waals surface area contributed by atoms with Gasteiger partial charge in [0.15, 0.2) is 5.82 Å². The number of imidazole rings is 1. The molecule has 0 unspecified atom stereocenters. The Morgan fingerprint density at radius 3 is 2.72 bits per heavy atom. The lowest BCUT2D eigenvalue weighted by atomic mass is 9.89. The Balaban J connectivity index is 1.54. The maximum absolute atomic E-state index is 12.6. The minimum absolute atomic E-state index is 0.301. The predicted molar refractivity (Wildman–Crippen MR) is 91.1 cm³/mol. The molecule has 0 aliphatic carbocycles. The van der Waals surface area contributed by atoms with Crippen molar-refractivity contribution >= 4 is 17.4 Å². The average Bonchev–Trinajstić information content (AvgIpc) is 3.11. The van der Waals surface area contributed by atoms with E-state index in [1.807, 2.05) is 28.9 Å². The number of pyridine rings is 1. The Labute approximate surface area is 144 Å². The van der Waals surface area contributed by atoms with Crippen LogP contribution in [0.4, 0.5) is 10.5 Å². The average molecular weight is 338 g/mol. The molecule has 4 rings (SSSR count). The van der Waals surface area contributed by atoms with E-state index in [9.17, 15) is 4.79 Å². The monoisotopic (exact) mass is 338 g/mol. The molecular weight excluding hydrogens is 320 g/mol. The second kappa shape index (κ2) is 6.48. The van der Waals surface area contributed by atoms with Crippen molar-refractivity contribution < 1.29 is 9.53 Å². The summed E-state index contributed by atoms with van der Waals surface area (Å²) in [4.78, 5) is 25.5. The van der Waals surface area contributed by atoms with E-state index in [-0.39, 0.29) is 6.03 Å². The maximum atomic E-state index is 12.6. The molecule has 0 aromatic carbocycles. The van der Waals surface area contributed by atoms with Crippen LogP contribution < -0.4 is 10.6 Å². The summed E-state index contributed by atoms with van der Waals surface area (Å²) < 4.78 is 7.32. The Morgan fingerprint density at radius 1 is 1.12 bits per heavy atom.